The third kappa shape index (κ3) is 5.99. The van der Waals surface area contributed by atoms with Crippen molar-refractivity contribution in [1.82, 2.24) is 24.1 Å². The maximum Gasteiger partial charge on any atom is 0.238 e. The predicted octanol–water partition coefficient (Wildman–Crippen LogP) is 16.2. The van der Waals surface area contributed by atoms with Crippen LogP contribution in [0.15, 0.2) is 237 Å². The van der Waals surface area contributed by atoms with Crippen molar-refractivity contribution in [2.24, 2.45) is 0 Å². The monoisotopic (exact) mass is 865 g/mol. The molecule has 3 aromatic heterocycles. The van der Waals surface area contributed by atoms with Crippen LogP contribution in [0.5, 0.6) is 0 Å². The van der Waals surface area contributed by atoms with Crippen LogP contribution in [0.4, 0.5) is 0 Å². The molecule has 0 amide bonds. The molecule has 0 spiro atoms. The van der Waals surface area contributed by atoms with Gasteiger partial charge >= 0.3 is 0 Å². The lowest BCUT2D eigenvalue weighted by Crippen LogP contribution is -2.06. The molecule has 14 aromatic rings. The Kier molecular flexibility index (Phi) is 8.52. The van der Waals surface area contributed by atoms with Crippen LogP contribution >= 0.6 is 0 Å². The number of benzene rings is 11. The smallest absolute Gasteiger partial charge is 0.238 e. The summed E-state index contributed by atoms with van der Waals surface area (Å²) in [5, 5.41) is 12.2. The molecule has 0 fully saturated rings. The predicted molar refractivity (Wildman–Crippen MR) is 283 cm³/mol. The normalized spacial score (nSPS) is 11.8. The first-order valence-electron chi connectivity index (χ1n) is 23.1. The number of para-hydroxylation sites is 2. The van der Waals surface area contributed by atoms with Crippen molar-refractivity contribution in [3.8, 4) is 56.7 Å². The summed E-state index contributed by atoms with van der Waals surface area (Å²) in [7, 11) is 0. The summed E-state index contributed by atoms with van der Waals surface area (Å²) >= 11 is 0. The van der Waals surface area contributed by atoms with E-state index in [4.69, 9.17) is 15.0 Å². The lowest BCUT2D eigenvalue weighted by atomic mass is 9.94. The molecular formula is C63H39N5. The molecule has 0 radical (unpaired) electrons. The lowest BCUT2D eigenvalue weighted by Gasteiger charge is -2.14. The van der Waals surface area contributed by atoms with Crippen LogP contribution in [0.1, 0.15) is 0 Å². The second kappa shape index (κ2) is 15.2. The molecule has 0 saturated carbocycles. The Labute approximate surface area is 391 Å². The number of nitrogens with zero attached hydrogens (tertiary/aromatic N) is 5. The van der Waals surface area contributed by atoms with Crippen LogP contribution in [-0.4, -0.2) is 24.1 Å². The van der Waals surface area contributed by atoms with Crippen molar-refractivity contribution >= 4 is 75.9 Å². The van der Waals surface area contributed by atoms with Gasteiger partial charge < -0.3 is 4.57 Å². The Morgan fingerprint density at radius 2 is 0.662 bits per heavy atom. The van der Waals surface area contributed by atoms with Crippen molar-refractivity contribution in [3.63, 3.8) is 0 Å². The second-order valence-electron chi connectivity index (χ2n) is 17.6. The van der Waals surface area contributed by atoms with E-state index in [2.05, 4.69) is 234 Å². The van der Waals surface area contributed by atoms with Crippen LogP contribution in [-0.2, 0) is 0 Å². The summed E-state index contributed by atoms with van der Waals surface area (Å²) in [6.07, 6.45) is 0. The summed E-state index contributed by atoms with van der Waals surface area (Å²) in [5.41, 5.74) is 11.7. The molecule has 68 heavy (non-hydrogen) atoms. The maximum atomic E-state index is 5.40. The van der Waals surface area contributed by atoms with Crippen molar-refractivity contribution in [1.29, 1.82) is 0 Å². The van der Waals surface area contributed by atoms with Crippen molar-refractivity contribution in [2.45, 2.75) is 0 Å². The van der Waals surface area contributed by atoms with Gasteiger partial charge in [0.2, 0.25) is 5.95 Å². The maximum absolute atomic E-state index is 5.40. The van der Waals surface area contributed by atoms with Gasteiger partial charge in [-0.3, -0.25) is 4.57 Å². The zero-order chi connectivity index (χ0) is 44.7. The summed E-state index contributed by atoms with van der Waals surface area (Å²) < 4.78 is 4.67. The molecule has 14 rings (SSSR count). The van der Waals surface area contributed by atoms with Crippen LogP contribution in [0.2, 0.25) is 0 Å². The minimum Gasteiger partial charge on any atom is -0.309 e. The van der Waals surface area contributed by atoms with Gasteiger partial charge in [0.15, 0.2) is 11.6 Å². The van der Waals surface area contributed by atoms with Gasteiger partial charge in [-0.05, 0) is 97.0 Å². The molecule has 0 aliphatic carbocycles. The zero-order valence-electron chi connectivity index (χ0n) is 36.8. The first-order chi connectivity index (χ1) is 33.7. The van der Waals surface area contributed by atoms with Crippen molar-refractivity contribution < 1.29 is 0 Å². The van der Waals surface area contributed by atoms with E-state index >= 15 is 0 Å². The molecule has 5 heteroatoms. The highest BCUT2D eigenvalue weighted by Crippen LogP contribution is 2.42. The first-order valence-corrected chi connectivity index (χ1v) is 23.1. The van der Waals surface area contributed by atoms with Crippen molar-refractivity contribution in [3.05, 3.63) is 237 Å². The molecule has 0 aliphatic heterocycles. The van der Waals surface area contributed by atoms with E-state index in [-0.39, 0.29) is 0 Å². The standard InChI is InChI=1S/C63H39N5/c1-3-16-40(17-4-1)42-30-32-43(33-31-42)61-64-62(45-21-15-20-44(36-45)41-18-5-2-6-19-41)66-63(65-61)68-58-29-14-12-27-53(58)56-38-55-52-26-11-13-28-57(52)67(59(55)39-60(56)68)46-34-35-51-49-24-8-7-22-47(49)48-23-9-10-25-50(48)54(51)37-46/h1-39H. The summed E-state index contributed by atoms with van der Waals surface area (Å²) in [5.74, 6) is 1.76. The Morgan fingerprint density at radius 3 is 1.29 bits per heavy atom. The van der Waals surface area contributed by atoms with Gasteiger partial charge in [-0.1, -0.05) is 194 Å². The SMILES string of the molecule is c1ccc(-c2ccc(-c3nc(-c4cccc(-c5ccccc5)c4)nc(-n4c5ccccc5c5cc6c7ccccc7n(-c7ccc8c9ccccc9c9ccccc9c8c7)c6cc54)n3)cc2)cc1. The number of hydrogen-bond donors (Lipinski definition) is 0. The Bertz CT molecular complexity index is 4270. The fourth-order valence-electron chi connectivity index (χ4n) is 10.6. The van der Waals surface area contributed by atoms with Crippen LogP contribution in [0.3, 0.4) is 0 Å². The van der Waals surface area contributed by atoms with Crippen LogP contribution in [0, 0.1) is 0 Å². The third-order valence-corrected chi connectivity index (χ3v) is 13.8. The quantitative estimate of drug-likeness (QED) is 0.156. The molecule has 3 heterocycles. The summed E-state index contributed by atoms with van der Waals surface area (Å²) in [4.78, 5) is 16.0. The number of aromatic nitrogens is 5. The largest absolute Gasteiger partial charge is 0.309 e. The molecule has 0 atom stereocenters. The van der Waals surface area contributed by atoms with E-state index in [1.165, 1.54) is 43.1 Å². The molecular weight excluding hydrogens is 827 g/mol. The third-order valence-electron chi connectivity index (χ3n) is 13.8. The van der Waals surface area contributed by atoms with Crippen molar-refractivity contribution in [2.75, 3.05) is 0 Å². The van der Waals surface area contributed by atoms with E-state index in [1.54, 1.807) is 0 Å². The highest BCUT2D eigenvalue weighted by molar-refractivity contribution is 6.26. The number of rotatable bonds is 6. The second-order valence-corrected chi connectivity index (χ2v) is 17.6. The van der Waals surface area contributed by atoms with Gasteiger partial charge in [0.05, 0.1) is 22.1 Å². The van der Waals surface area contributed by atoms with E-state index in [0.29, 0.717) is 17.6 Å². The molecule has 11 aromatic carbocycles. The fraction of sp³-hybridized carbons (Fsp3) is 0. The minimum atomic E-state index is 0.555. The van der Waals surface area contributed by atoms with E-state index in [9.17, 15) is 0 Å². The molecule has 316 valence electrons. The minimum absolute atomic E-state index is 0.555. The van der Waals surface area contributed by atoms with E-state index in [1.807, 2.05) is 12.1 Å². The number of hydrogen-bond acceptors (Lipinski definition) is 3. The summed E-state index contributed by atoms with van der Waals surface area (Å²) in [6, 6.07) is 84.6. The highest BCUT2D eigenvalue weighted by Gasteiger charge is 2.22. The summed E-state index contributed by atoms with van der Waals surface area (Å²) in [6.45, 7) is 0. The van der Waals surface area contributed by atoms with Gasteiger partial charge in [0.1, 0.15) is 0 Å². The Morgan fingerprint density at radius 1 is 0.221 bits per heavy atom. The fourth-order valence-corrected chi connectivity index (χ4v) is 10.6. The molecule has 0 aliphatic rings. The van der Waals surface area contributed by atoms with Gasteiger partial charge in [-0.2, -0.15) is 9.97 Å². The van der Waals surface area contributed by atoms with Gasteiger partial charge in [0, 0.05) is 38.4 Å². The Balaban J connectivity index is 1.03. The zero-order valence-corrected chi connectivity index (χ0v) is 36.8. The van der Waals surface area contributed by atoms with Crippen LogP contribution in [0.25, 0.3) is 133 Å². The molecule has 0 unspecified atom stereocenters. The highest BCUT2D eigenvalue weighted by atomic mass is 15.2. The average Bonchev–Trinajstić information content (AvgIpc) is 3.92. The topological polar surface area (TPSA) is 48.5 Å². The Hall–Kier alpha value is -9.19. The van der Waals surface area contributed by atoms with Gasteiger partial charge in [0.25, 0.3) is 0 Å². The number of fused-ring (bicyclic) bond motifs is 12. The van der Waals surface area contributed by atoms with E-state index < -0.39 is 0 Å². The lowest BCUT2D eigenvalue weighted by molar-refractivity contribution is 0.953. The molecule has 0 bridgehead atoms. The average molecular weight is 866 g/mol. The molecule has 0 saturated heterocycles. The van der Waals surface area contributed by atoms with Gasteiger partial charge in [-0.25, -0.2) is 4.98 Å². The first kappa shape index (κ1) is 38.1. The molecule has 5 nitrogen and oxygen atoms in total. The molecule has 0 N–H and O–H groups in total. The van der Waals surface area contributed by atoms with E-state index in [0.717, 1.165) is 71.9 Å². The van der Waals surface area contributed by atoms with Gasteiger partial charge in [-0.15, -0.1) is 0 Å². The van der Waals surface area contributed by atoms with Crippen LogP contribution < -0.4 is 0 Å².